The molecule has 0 saturated carbocycles. The monoisotopic (exact) mass is 744 g/mol. The summed E-state index contributed by atoms with van der Waals surface area (Å²) < 4.78 is 0. The molecule has 0 N–H and O–H groups in total. The lowest BCUT2D eigenvalue weighted by Crippen LogP contribution is -2.33. The fraction of sp³-hybridized carbons (Fsp3) is 0.447. The molecule has 53 heavy (non-hydrogen) atoms. The van der Waals surface area contributed by atoms with Gasteiger partial charge in [0.05, 0.1) is 0 Å². The number of thiocarbonyl (C=S) groups is 2. The van der Waals surface area contributed by atoms with E-state index in [2.05, 4.69) is 188 Å². The first kappa shape index (κ1) is 39.0. The van der Waals surface area contributed by atoms with Gasteiger partial charge >= 0.3 is 0 Å². The summed E-state index contributed by atoms with van der Waals surface area (Å²) in [6.45, 7) is 30.9. The molecule has 0 aromatic heterocycles. The van der Waals surface area contributed by atoms with Crippen LogP contribution in [0, 0.1) is 0 Å². The molecule has 2 heterocycles. The van der Waals surface area contributed by atoms with Crippen molar-refractivity contribution in [3.05, 3.63) is 118 Å². The lowest BCUT2D eigenvalue weighted by atomic mass is 9.81. The van der Waals surface area contributed by atoms with Crippen LogP contribution in [0.1, 0.15) is 116 Å². The zero-order valence-electron chi connectivity index (χ0n) is 34.2. The van der Waals surface area contributed by atoms with Gasteiger partial charge in [-0.3, -0.25) is 0 Å². The average Bonchev–Trinajstić information content (AvgIpc) is 3.65. The van der Waals surface area contributed by atoms with E-state index in [-0.39, 0.29) is 21.7 Å². The molecule has 2 aliphatic rings. The van der Waals surface area contributed by atoms with Gasteiger partial charge in [-0.25, -0.2) is 0 Å². The van der Waals surface area contributed by atoms with E-state index in [0.717, 1.165) is 54.2 Å². The molecular weight excluding hydrogens is 685 g/mol. The molecule has 0 aliphatic carbocycles. The van der Waals surface area contributed by atoms with E-state index in [1.165, 1.54) is 44.8 Å². The fourth-order valence-corrected chi connectivity index (χ4v) is 8.31. The van der Waals surface area contributed by atoms with Gasteiger partial charge in [0.1, 0.15) is 0 Å². The second kappa shape index (κ2) is 14.2. The van der Waals surface area contributed by atoms with Gasteiger partial charge in [-0.2, -0.15) is 0 Å². The second-order valence-electron chi connectivity index (χ2n) is 19.1. The van der Waals surface area contributed by atoms with Gasteiger partial charge in [0.2, 0.25) is 0 Å². The maximum atomic E-state index is 6.16. The van der Waals surface area contributed by atoms with E-state index < -0.39 is 0 Å². The van der Waals surface area contributed by atoms with Gasteiger partial charge in [-0.05, 0) is 122 Å². The Hall–Kier alpha value is -3.74. The Balaban J connectivity index is 1.14. The van der Waals surface area contributed by atoms with E-state index in [1.54, 1.807) is 0 Å². The number of anilines is 4. The molecule has 0 amide bonds. The Bertz CT molecular complexity index is 1840. The van der Waals surface area contributed by atoms with Gasteiger partial charge in [-0.1, -0.05) is 132 Å². The van der Waals surface area contributed by atoms with Crippen LogP contribution in [0.15, 0.2) is 84.9 Å². The molecule has 4 aromatic carbocycles. The first-order valence-electron chi connectivity index (χ1n) is 19.3. The molecule has 6 heteroatoms. The lowest BCUT2D eigenvalue weighted by Gasteiger charge is -2.31. The molecule has 0 unspecified atom stereocenters. The van der Waals surface area contributed by atoms with Gasteiger partial charge in [0, 0.05) is 48.9 Å². The largest absolute Gasteiger partial charge is 0.317 e. The van der Waals surface area contributed by atoms with Crippen LogP contribution in [0.3, 0.4) is 0 Å². The summed E-state index contributed by atoms with van der Waals surface area (Å²) in [4.78, 5) is 9.27. The molecule has 2 aliphatic heterocycles. The Morgan fingerprint density at radius 2 is 0.736 bits per heavy atom. The summed E-state index contributed by atoms with van der Waals surface area (Å²) in [7, 11) is 0. The van der Waals surface area contributed by atoms with Crippen molar-refractivity contribution in [2.75, 3.05) is 45.8 Å². The van der Waals surface area contributed by atoms with Crippen LogP contribution < -0.4 is 19.6 Å². The van der Waals surface area contributed by atoms with Gasteiger partial charge in [0.25, 0.3) is 0 Å². The summed E-state index contributed by atoms with van der Waals surface area (Å²) in [6.07, 6.45) is 0.872. The number of benzene rings is 4. The number of hydrogen-bond donors (Lipinski definition) is 0. The van der Waals surface area contributed by atoms with E-state index in [0.29, 0.717) is 0 Å². The third kappa shape index (κ3) is 8.19. The Labute approximate surface area is 331 Å². The second-order valence-corrected chi connectivity index (χ2v) is 19.9. The average molecular weight is 745 g/mol. The summed E-state index contributed by atoms with van der Waals surface area (Å²) in [6, 6.07) is 31.9. The molecule has 6 rings (SSSR count). The molecule has 280 valence electrons. The van der Waals surface area contributed by atoms with E-state index >= 15 is 0 Å². The van der Waals surface area contributed by atoms with Crippen LogP contribution >= 0.6 is 24.4 Å². The van der Waals surface area contributed by atoms with E-state index in [9.17, 15) is 0 Å². The zero-order valence-corrected chi connectivity index (χ0v) is 35.9. The third-order valence-electron chi connectivity index (χ3n) is 10.8. The maximum absolute atomic E-state index is 6.16. The normalized spacial score (nSPS) is 16.0. The topological polar surface area (TPSA) is 13.0 Å². The highest BCUT2D eigenvalue weighted by Crippen LogP contribution is 2.40. The highest BCUT2D eigenvalue weighted by atomic mass is 32.1. The standard InChI is InChI=1S/C47H60N4S2/c1-44(2,3)34-17-23-38(46(7,8)9)40(30-34)50-27-25-48(42(50)52)36-19-13-32(14-20-36)29-33-15-21-37(22-16-33)49-26-28-51(43(49)53)41-31-35(45(4,5)6)18-24-39(41)47(10,11)12/h13-24,30-31H,25-29H2,1-12H3. The lowest BCUT2D eigenvalue weighted by molar-refractivity contribution is 0.577. The van der Waals surface area contributed by atoms with Crippen molar-refractivity contribution >= 4 is 57.4 Å². The number of nitrogens with zero attached hydrogens (tertiary/aromatic N) is 4. The van der Waals surface area contributed by atoms with Crippen molar-refractivity contribution in [2.45, 2.75) is 111 Å². The highest BCUT2D eigenvalue weighted by molar-refractivity contribution is 7.81. The Morgan fingerprint density at radius 3 is 1.04 bits per heavy atom. The fourth-order valence-electron chi connectivity index (χ4n) is 7.53. The smallest absolute Gasteiger partial charge is 0.180 e. The Kier molecular flexibility index (Phi) is 10.4. The van der Waals surface area contributed by atoms with Crippen molar-refractivity contribution in [1.82, 2.24) is 0 Å². The van der Waals surface area contributed by atoms with Crippen LogP contribution in [-0.2, 0) is 28.1 Å². The van der Waals surface area contributed by atoms with Crippen LogP contribution in [0.25, 0.3) is 0 Å². The van der Waals surface area contributed by atoms with E-state index in [4.69, 9.17) is 24.4 Å². The molecule has 2 fully saturated rings. The SMILES string of the molecule is CC(C)(C)c1ccc(C(C)(C)C)c(N2CCN(c3ccc(Cc4ccc(N5CCN(c6cc(C(C)(C)C)ccc6C(C)(C)C)C5=S)cc4)cc3)C2=S)c1. The number of rotatable bonds is 6. The number of hydrogen-bond acceptors (Lipinski definition) is 2. The summed E-state index contributed by atoms with van der Waals surface area (Å²) in [5, 5.41) is 1.75. The zero-order chi connectivity index (χ0) is 38.7. The molecule has 4 aromatic rings. The van der Waals surface area contributed by atoms with Crippen LogP contribution in [0.5, 0.6) is 0 Å². The first-order valence-corrected chi connectivity index (χ1v) is 20.1. The van der Waals surface area contributed by atoms with Crippen LogP contribution in [0.2, 0.25) is 0 Å². The van der Waals surface area contributed by atoms with Crippen molar-refractivity contribution in [3.63, 3.8) is 0 Å². The molecular formula is C47H60N4S2. The van der Waals surface area contributed by atoms with Crippen molar-refractivity contribution in [2.24, 2.45) is 0 Å². The Morgan fingerprint density at radius 1 is 0.415 bits per heavy atom. The van der Waals surface area contributed by atoms with E-state index in [1.807, 2.05) is 0 Å². The predicted octanol–water partition coefficient (Wildman–Crippen LogP) is 11.7. The van der Waals surface area contributed by atoms with Gasteiger partial charge in [-0.15, -0.1) is 0 Å². The minimum Gasteiger partial charge on any atom is -0.317 e. The summed E-state index contributed by atoms with van der Waals surface area (Å²) in [5.41, 5.74) is 12.9. The van der Waals surface area contributed by atoms with Gasteiger partial charge in [0.15, 0.2) is 10.2 Å². The first-order chi connectivity index (χ1) is 24.6. The van der Waals surface area contributed by atoms with Crippen molar-refractivity contribution < 1.29 is 0 Å². The molecule has 4 nitrogen and oxygen atoms in total. The quantitative estimate of drug-likeness (QED) is 0.181. The maximum Gasteiger partial charge on any atom is 0.180 e. The minimum atomic E-state index is 0.0180. The van der Waals surface area contributed by atoms with Crippen molar-refractivity contribution in [3.8, 4) is 0 Å². The highest BCUT2D eigenvalue weighted by Gasteiger charge is 2.34. The molecule has 0 spiro atoms. The molecule has 2 saturated heterocycles. The predicted molar refractivity (Wildman–Crippen MR) is 238 cm³/mol. The van der Waals surface area contributed by atoms with Crippen molar-refractivity contribution in [1.29, 1.82) is 0 Å². The summed E-state index contributed by atoms with van der Waals surface area (Å²) in [5.74, 6) is 0. The van der Waals surface area contributed by atoms with Gasteiger partial charge < -0.3 is 19.6 Å². The third-order valence-corrected chi connectivity index (χ3v) is 11.7. The summed E-state index contributed by atoms with van der Waals surface area (Å²) >= 11 is 12.3. The molecule has 0 atom stereocenters. The minimum absolute atomic E-state index is 0.0180. The van der Waals surface area contributed by atoms with Crippen LogP contribution in [-0.4, -0.2) is 36.4 Å². The van der Waals surface area contributed by atoms with Crippen LogP contribution in [0.4, 0.5) is 22.7 Å². The molecule has 0 radical (unpaired) electrons. The molecule has 0 bridgehead atoms.